The highest BCUT2D eigenvalue weighted by molar-refractivity contribution is 7.10. The summed E-state index contributed by atoms with van der Waals surface area (Å²) in [6.45, 7) is 7.45. The quantitative estimate of drug-likeness (QED) is 0.763. The summed E-state index contributed by atoms with van der Waals surface area (Å²) in [7, 11) is 1.73. The Morgan fingerprint density at radius 1 is 1.56 bits per heavy atom. The Hall–Kier alpha value is -0.800. The van der Waals surface area contributed by atoms with E-state index in [1.807, 2.05) is 6.07 Å². The first kappa shape index (κ1) is 13.3. The summed E-state index contributed by atoms with van der Waals surface area (Å²) >= 11 is 1.74. The van der Waals surface area contributed by atoms with Gasteiger partial charge >= 0.3 is 0 Å². The molecule has 1 atom stereocenters. The molecule has 0 saturated heterocycles. The molecule has 0 saturated carbocycles. The molecular formula is C13H21NOS. The zero-order chi connectivity index (χ0) is 12.0. The Labute approximate surface area is 102 Å². The Morgan fingerprint density at radius 2 is 2.31 bits per heavy atom. The highest BCUT2D eigenvalue weighted by atomic mass is 32.1. The molecule has 3 heteroatoms. The Balaban J connectivity index is 2.87. The molecule has 1 heterocycles. The zero-order valence-electron chi connectivity index (χ0n) is 10.5. The van der Waals surface area contributed by atoms with Crippen molar-refractivity contribution >= 4 is 11.3 Å². The summed E-state index contributed by atoms with van der Waals surface area (Å²) in [5.41, 5.74) is 1.32. The van der Waals surface area contributed by atoms with Gasteiger partial charge in [-0.3, -0.25) is 0 Å². The van der Waals surface area contributed by atoms with Crippen LogP contribution in [0.4, 0.5) is 0 Å². The Kier molecular flexibility index (Phi) is 5.56. The lowest BCUT2D eigenvalue weighted by Gasteiger charge is -2.15. The van der Waals surface area contributed by atoms with Crippen molar-refractivity contribution in [3.05, 3.63) is 28.0 Å². The van der Waals surface area contributed by atoms with Crippen LogP contribution in [0.15, 0.2) is 23.1 Å². The molecule has 1 aromatic heterocycles. The second kappa shape index (κ2) is 6.71. The van der Waals surface area contributed by atoms with Crippen LogP contribution in [0.5, 0.6) is 5.75 Å². The topological polar surface area (TPSA) is 21.3 Å². The van der Waals surface area contributed by atoms with Gasteiger partial charge in [0.05, 0.1) is 18.0 Å². The van der Waals surface area contributed by atoms with E-state index >= 15 is 0 Å². The number of methoxy groups -OCH3 is 1. The summed E-state index contributed by atoms with van der Waals surface area (Å²) in [5, 5.41) is 5.61. The predicted octanol–water partition coefficient (Wildman–Crippen LogP) is 3.76. The third-order valence-corrected chi connectivity index (χ3v) is 3.26. The van der Waals surface area contributed by atoms with Crippen molar-refractivity contribution in [1.82, 2.24) is 5.32 Å². The first-order valence-electron chi connectivity index (χ1n) is 5.68. The summed E-state index contributed by atoms with van der Waals surface area (Å²) < 4.78 is 5.37. The van der Waals surface area contributed by atoms with E-state index in [1.165, 1.54) is 10.5 Å². The van der Waals surface area contributed by atoms with Gasteiger partial charge in [-0.25, -0.2) is 0 Å². The molecule has 1 N–H and O–H groups in total. The van der Waals surface area contributed by atoms with Gasteiger partial charge < -0.3 is 10.1 Å². The van der Waals surface area contributed by atoms with Crippen molar-refractivity contribution < 1.29 is 4.74 Å². The normalized spacial score (nSPS) is 12.2. The molecule has 0 aromatic carbocycles. The standard InChI is InChI=1S/C13H21NOS/c1-5-7-14-11(9-10(2)3)13-12(15-4)6-8-16-13/h6,8-9,11,14H,5,7H2,1-4H3. The number of thiophene rings is 1. The molecule has 0 fully saturated rings. The molecule has 0 radical (unpaired) electrons. The van der Waals surface area contributed by atoms with Crippen LogP contribution in [0.1, 0.15) is 38.1 Å². The fourth-order valence-electron chi connectivity index (χ4n) is 1.57. The molecule has 1 aromatic rings. The minimum absolute atomic E-state index is 0.278. The fourth-order valence-corrected chi connectivity index (χ4v) is 2.47. The maximum absolute atomic E-state index is 5.37. The number of rotatable bonds is 6. The highest BCUT2D eigenvalue weighted by Gasteiger charge is 2.14. The molecule has 16 heavy (non-hydrogen) atoms. The van der Waals surface area contributed by atoms with E-state index in [1.54, 1.807) is 18.4 Å². The lowest BCUT2D eigenvalue weighted by atomic mass is 10.1. The van der Waals surface area contributed by atoms with Crippen LogP contribution in [0.25, 0.3) is 0 Å². The van der Waals surface area contributed by atoms with Crippen LogP contribution in [0.2, 0.25) is 0 Å². The highest BCUT2D eigenvalue weighted by Crippen LogP contribution is 2.32. The van der Waals surface area contributed by atoms with Gasteiger partial charge in [-0.2, -0.15) is 0 Å². The van der Waals surface area contributed by atoms with Crippen LogP contribution in [-0.4, -0.2) is 13.7 Å². The molecule has 1 rings (SSSR count). The molecule has 0 aliphatic heterocycles. The minimum Gasteiger partial charge on any atom is -0.496 e. The Bertz CT molecular complexity index is 339. The number of hydrogen-bond donors (Lipinski definition) is 1. The number of allylic oxidation sites excluding steroid dienone is 1. The second-order valence-corrected chi connectivity index (χ2v) is 4.98. The molecule has 0 amide bonds. The van der Waals surface area contributed by atoms with Gasteiger partial charge in [0.15, 0.2) is 0 Å². The summed E-state index contributed by atoms with van der Waals surface area (Å²) in [4.78, 5) is 1.26. The van der Waals surface area contributed by atoms with Gasteiger partial charge in [-0.15, -0.1) is 11.3 Å². The largest absolute Gasteiger partial charge is 0.496 e. The third kappa shape index (κ3) is 3.65. The first-order valence-corrected chi connectivity index (χ1v) is 6.56. The van der Waals surface area contributed by atoms with Gasteiger partial charge in [0.1, 0.15) is 5.75 Å². The van der Waals surface area contributed by atoms with Crippen LogP contribution in [-0.2, 0) is 0 Å². The zero-order valence-corrected chi connectivity index (χ0v) is 11.4. The minimum atomic E-state index is 0.278. The van der Waals surface area contributed by atoms with Crippen molar-refractivity contribution in [2.45, 2.75) is 33.2 Å². The number of nitrogens with one attached hydrogen (secondary N) is 1. The van der Waals surface area contributed by atoms with E-state index < -0.39 is 0 Å². The van der Waals surface area contributed by atoms with Gasteiger partial charge in [0.25, 0.3) is 0 Å². The molecule has 0 bridgehead atoms. The predicted molar refractivity (Wildman–Crippen MR) is 71.3 cm³/mol. The van der Waals surface area contributed by atoms with E-state index in [4.69, 9.17) is 4.74 Å². The molecule has 0 aliphatic carbocycles. The molecule has 0 spiro atoms. The monoisotopic (exact) mass is 239 g/mol. The van der Waals surface area contributed by atoms with Crippen LogP contribution < -0.4 is 10.1 Å². The molecule has 0 aliphatic rings. The lowest BCUT2D eigenvalue weighted by molar-refractivity contribution is 0.408. The smallest absolute Gasteiger partial charge is 0.134 e. The van der Waals surface area contributed by atoms with Crippen molar-refractivity contribution in [3.8, 4) is 5.75 Å². The molecule has 1 unspecified atom stereocenters. The maximum atomic E-state index is 5.37. The summed E-state index contributed by atoms with van der Waals surface area (Å²) in [5.74, 6) is 0.983. The van der Waals surface area contributed by atoms with Crippen LogP contribution >= 0.6 is 11.3 Å². The molecule has 90 valence electrons. The van der Waals surface area contributed by atoms with Crippen molar-refractivity contribution in [1.29, 1.82) is 0 Å². The van der Waals surface area contributed by atoms with Crippen molar-refractivity contribution in [2.24, 2.45) is 0 Å². The van der Waals surface area contributed by atoms with Crippen molar-refractivity contribution in [3.63, 3.8) is 0 Å². The summed E-state index contributed by atoms with van der Waals surface area (Å²) in [6, 6.07) is 2.30. The average molecular weight is 239 g/mol. The van der Waals surface area contributed by atoms with Crippen LogP contribution in [0, 0.1) is 0 Å². The number of ether oxygens (including phenoxy) is 1. The van der Waals surface area contributed by atoms with Gasteiger partial charge in [-0.05, 0) is 38.3 Å². The van der Waals surface area contributed by atoms with E-state index in [9.17, 15) is 0 Å². The van der Waals surface area contributed by atoms with E-state index in [2.05, 4.69) is 37.5 Å². The summed E-state index contributed by atoms with van der Waals surface area (Å²) in [6.07, 6.45) is 3.39. The second-order valence-electron chi connectivity index (χ2n) is 4.03. The van der Waals surface area contributed by atoms with E-state index in [0.29, 0.717) is 0 Å². The lowest BCUT2D eigenvalue weighted by Crippen LogP contribution is -2.20. The third-order valence-electron chi connectivity index (χ3n) is 2.27. The SMILES string of the molecule is CCCNC(C=C(C)C)c1sccc1OC. The average Bonchev–Trinajstić information content (AvgIpc) is 2.71. The van der Waals surface area contributed by atoms with Gasteiger partial charge in [0.2, 0.25) is 0 Å². The first-order chi connectivity index (χ1) is 7.69. The van der Waals surface area contributed by atoms with Crippen molar-refractivity contribution in [2.75, 3.05) is 13.7 Å². The van der Waals surface area contributed by atoms with Gasteiger partial charge in [0, 0.05) is 0 Å². The van der Waals surface area contributed by atoms with E-state index in [-0.39, 0.29) is 6.04 Å². The Morgan fingerprint density at radius 3 is 2.88 bits per heavy atom. The fraction of sp³-hybridized carbons (Fsp3) is 0.538. The number of hydrogen-bond acceptors (Lipinski definition) is 3. The van der Waals surface area contributed by atoms with Crippen LogP contribution in [0.3, 0.4) is 0 Å². The van der Waals surface area contributed by atoms with E-state index in [0.717, 1.165) is 18.7 Å². The molecule has 2 nitrogen and oxygen atoms in total. The van der Waals surface area contributed by atoms with Gasteiger partial charge in [-0.1, -0.05) is 18.6 Å². The maximum Gasteiger partial charge on any atom is 0.134 e. The molecular weight excluding hydrogens is 218 g/mol.